The van der Waals surface area contributed by atoms with Crippen LogP contribution >= 0.6 is 0 Å². The third kappa shape index (κ3) is 1.93. The minimum absolute atomic E-state index is 0.898. The molecule has 1 heterocycles. The normalized spacial score (nSPS) is 10.2. The first-order valence-corrected chi connectivity index (χ1v) is 3.32. The van der Waals surface area contributed by atoms with Crippen LogP contribution < -0.4 is 5.73 Å². The predicted molar refractivity (Wildman–Crippen MR) is 46.6 cm³/mol. The highest BCUT2D eigenvalue weighted by Crippen LogP contribution is 2.10. The molecule has 0 amide bonds. The summed E-state index contributed by atoms with van der Waals surface area (Å²) in [5.41, 5.74) is 7.15. The van der Waals surface area contributed by atoms with Crippen LogP contribution in [0.4, 0.5) is 0 Å². The Hall–Kier alpha value is -1.57. The molecule has 0 aromatic carbocycles. The SMILES string of the molecule is C=C(/C=C/N)c1ccncc1. The number of pyridine rings is 1. The van der Waals surface area contributed by atoms with E-state index in [0.29, 0.717) is 0 Å². The van der Waals surface area contributed by atoms with Gasteiger partial charge in [-0.3, -0.25) is 4.98 Å². The molecule has 2 N–H and O–H groups in total. The van der Waals surface area contributed by atoms with E-state index in [9.17, 15) is 0 Å². The molecule has 2 nitrogen and oxygen atoms in total. The number of hydrogen-bond donors (Lipinski definition) is 1. The van der Waals surface area contributed by atoms with E-state index in [1.54, 1.807) is 18.5 Å². The quantitative estimate of drug-likeness (QED) is 0.643. The van der Waals surface area contributed by atoms with Crippen LogP contribution in [0, 0.1) is 0 Å². The van der Waals surface area contributed by atoms with Gasteiger partial charge in [0.2, 0.25) is 0 Å². The minimum atomic E-state index is 0.898. The van der Waals surface area contributed by atoms with Crippen molar-refractivity contribution in [2.45, 2.75) is 0 Å². The van der Waals surface area contributed by atoms with Crippen LogP contribution in [0.25, 0.3) is 5.57 Å². The molecule has 1 aromatic heterocycles. The summed E-state index contributed by atoms with van der Waals surface area (Å²) in [5, 5.41) is 0. The molecule has 0 aliphatic carbocycles. The number of rotatable bonds is 2. The lowest BCUT2D eigenvalue weighted by Crippen LogP contribution is -1.81. The zero-order valence-electron chi connectivity index (χ0n) is 6.20. The van der Waals surface area contributed by atoms with Crippen LogP contribution in [-0.4, -0.2) is 4.98 Å². The molecule has 2 heteroatoms. The lowest BCUT2D eigenvalue weighted by Gasteiger charge is -1.96. The fourth-order valence-electron chi connectivity index (χ4n) is 0.778. The van der Waals surface area contributed by atoms with Crippen molar-refractivity contribution in [3.63, 3.8) is 0 Å². The van der Waals surface area contributed by atoms with Gasteiger partial charge in [-0.2, -0.15) is 0 Å². The molecule has 0 saturated carbocycles. The molecule has 0 fully saturated rings. The summed E-state index contributed by atoms with van der Waals surface area (Å²) in [6, 6.07) is 3.78. The lowest BCUT2D eigenvalue weighted by molar-refractivity contribution is 1.32. The molecule has 11 heavy (non-hydrogen) atoms. The highest BCUT2D eigenvalue weighted by Gasteiger charge is 1.90. The van der Waals surface area contributed by atoms with Gasteiger partial charge in [-0.1, -0.05) is 6.58 Å². The molecule has 0 spiro atoms. The van der Waals surface area contributed by atoms with Crippen molar-refractivity contribution in [1.82, 2.24) is 4.98 Å². The topological polar surface area (TPSA) is 38.9 Å². The van der Waals surface area contributed by atoms with E-state index >= 15 is 0 Å². The largest absolute Gasteiger partial charge is 0.405 e. The van der Waals surface area contributed by atoms with Gasteiger partial charge in [0.05, 0.1) is 0 Å². The van der Waals surface area contributed by atoms with Gasteiger partial charge in [-0.25, -0.2) is 0 Å². The number of hydrogen-bond acceptors (Lipinski definition) is 2. The maximum atomic E-state index is 5.21. The number of nitrogens with zero attached hydrogens (tertiary/aromatic N) is 1. The van der Waals surface area contributed by atoms with Crippen LogP contribution in [0.1, 0.15) is 5.56 Å². The monoisotopic (exact) mass is 146 g/mol. The molecule has 0 unspecified atom stereocenters. The lowest BCUT2D eigenvalue weighted by atomic mass is 10.1. The first-order valence-electron chi connectivity index (χ1n) is 3.32. The molecule has 0 saturated heterocycles. The van der Waals surface area contributed by atoms with Crippen molar-refractivity contribution >= 4 is 5.57 Å². The van der Waals surface area contributed by atoms with E-state index < -0.39 is 0 Å². The summed E-state index contributed by atoms with van der Waals surface area (Å²) in [6.07, 6.45) is 6.69. The van der Waals surface area contributed by atoms with Gasteiger partial charge in [0.1, 0.15) is 0 Å². The Bertz CT molecular complexity index is 262. The van der Waals surface area contributed by atoms with E-state index in [-0.39, 0.29) is 0 Å². The first kappa shape index (κ1) is 7.54. The molecular weight excluding hydrogens is 136 g/mol. The first-order chi connectivity index (χ1) is 5.34. The van der Waals surface area contributed by atoms with Crippen molar-refractivity contribution in [3.8, 4) is 0 Å². The second-order valence-corrected chi connectivity index (χ2v) is 2.12. The average molecular weight is 146 g/mol. The number of allylic oxidation sites excluding steroid dienone is 2. The molecule has 1 rings (SSSR count). The van der Waals surface area contributed by atoms with Crippen molar-refractivity contribution in [1.29, 1.82) is 0 Å². The summed E-state index contributed by atoms with van der Waals surface area (Å²) in [7, 11) is 0. The summed E-state index contributed by atoms with van der Waals surface area (Å²) in [4.78, 5) is 3.89. The molecular formula is C9H10N2. The Labute approximate surface area is 66.1 Å². The minimum Gasteiger partial charge on any atom is -0.405 e. The van der Waals surface area contributed by atoms with E-state index in [2.05, 4.69) is 11.6 Å². The Morgan fingerprint density at radius 1 is 1.45 bits per heavy atom. The van der Waals surface area contributed by atoms with Gasteiger partial charge in [-0.15, -0.1) is 0 Å². The third-order valence-electron chi connectivity index (χ3n) is 1.35. The molecule has 0 aliphatic heterocycles. The number of aromatic nitrogens is 1. The van der Waals surface area contributed by atoms with E-state index in [0.717, 1.165) is 11.1 Å². The van der Waals surface area contributed by atoms with Crippen LogP contribution in [-0.2, 0) is 0 Å². The van der Waals surface area contributed by atoms with Gasteiger partial charge in [0, 0.05) is 12.4 Å². The van der Waals surface area contributed by atoms with Gasteiger partial charge < -0.3 is 5.73 Å². The maximum absolute atomic E-state index is 5.21. The Morgan fingerprint density at radius 2 is 2.09 bits per heavy atom. The fraction of sp³-hybridized carbons (Fsp3) is 0. The summed E-state index contributed by atoms with van der Waals surface area (Å²) in [5.74, 6) is 0. The van der Waals surface area contributed by atoms with Gasteiger partial charge in [0.15, 0.2) is 0 Å². The second-order valence-electron chi connectivity index (χ2n) is 2.12. The zero-order chi connectivity index (χ0) is 8.10. The zero-order valence-corrected chi connectivity index (χ0v) is 6.20. The van der Waals surface area contributed by atoms with E-state index in [4.69, 9.17) is 5.73 Å². The van der Waals surface area contributed by atoms with Crippen LogP contribution in [0.3, 0.4) is 0 Å². The summed E-state index contributed by atoms with van der Waals surface area (Å²) in [6.45, 7) is 3.82. The Morgan fingerprint density at radius 3 is 2.64 bits per heavy atom. The van der Waals surface area contributed by atoms with Crippen molar-refractivity contribution in [2.24, 2.45) is 5.73 Å². The third-order valence-corrected chi connectivity index (χ3v) is 1.35. The fourth-order valence-corrected chi connectivity index (χ4v) is 0.778. The molecule has 0 radical (unpaired) electrons. The number of nitrogens with two attached hydrogens (primary N) is 1. The van der Waals surface area contributed by atoms with Gasteiger partial charge >= 0.3 is 0 Å². The van der Waals surface area contributed by atoms with Gasteiger partial charge in [-0.05, 0) is 35.5 Å². The van der Waals surface area contributed by atoms with Crippen molar-refractivity contribution in [3.05, 3.63) is 48.9 Å². The highest BCUT2D eigenvalue weighted by molar-refractivity contribution is 5.71. The van der Waals surface area contributed by atoms with Crippen LogP contribution in [0.5, 0.6) is 0 Å². The smallest absolute Gasteiger partial charge is 0.0273 e. The second kappa shape index (κ2) is 3.56. The summed E-state index contributed by atoms with van der Waals surface area (Å²) >= 11 is 0. The maximum Gasteiger partial charge on any atom is 0.0273 e. The van der Waals surface area contributed by atoms with Crippen LogP contribution in [0.2, 0.25) is 0 Å². The van der Waals surface area contributed by atoms with Gasteiger partial charge in [0.25, 0.3) is 0 Å². The molecule has 1 aromatic rings. The molecule has 0 atom stereocenters. The Balaban J connectivity index is 2.86. The molecule has 56 valence electrons. The molecule has 0 bridgehead atoms. The molecule has 0 aliphatic rings. The average Bonchev–Trinajstić information content (AvgIpc) is 2.07. The standard InChI is InChI=1S/C9H10N2/c1-8(2-5-10)9-3-6-11-7-4-9/h2-7H,1,10H2/b5-2+. The van der Waals surface area contributed by atoms with Crippen molar-refractivity contribution < 1.29 is 0 Å². The van der Waals surface area contributed by atoms with Crippen LogP contribution in [0.15, 0.2) is 43.4 Å². The highest BCUT2D eigenvalue weighted by atomic mass is 14.6. The Kier molecular flexibility index (Phi) is 2.44. The predicted octanol–water partition coefficient (Wildman–Crippen LogP) is 1.57. The van der Waals surface area contributed by atoms with E-state index in [1.165, 1.54) is 6.20 Å². The van der Waals surface area contributed by atoms with E-state index in [1.807, 2.05) is 12.1 Å². The van der Waals surface area contributed by atoms with Crippen molar-refractivity contribution in [2.75, 3.05) is 0 Å². The summed E-state index contributed by atoms with van der Waals surface area (Å²) < 4.78 is 0.